The van der Waals surface area contributed by atoms with E-state index in [0.717, 1.165) is 18.7 Å². The van der Waals surface area contributed by atoms with Crippen molar-refractivity contribution in [1.29, 1.82) is 0 Å². The first-order valence-electron chi connectivity index (χ1n) is 13.4. The van der Waals surface area contributed by atoms with Crippen molar-refractivity contribution in [2.45, 2.75) is 58.6 Å². The zero-order valence-electron chi connectivity index (χ0n) is 25.7. The molecule has 1 aliphatic heterocycles. The molecule has 6 heteroatoms. The normalized spacial score (nSPS) is 33.9. The van der Waals surface area contributed by atoms with Gasteiger partial charge in [-0.15, -0.1) is 0 Å². The summed E-state index contributed by atoms with van der Waals surface area (Å²) in [7, 11) is 1.26. The second-order valence-electron chi connectivity index (χ2n) is 6.62. The summed E-state index contributed by atoms with van der Waals surface area (Å²) in [4.78, 5) is 39.9. The van der Waals surface area contributed by atoms with Gasteiger partial charge in [0.05, 0.1) is 6.85 Å². The Morgan fingerprint density at radius 1 is 1.48 bits per heavy atom. The molecule has 0 saturated heterocycles. The van der Waals surface area contributed by atoms with E-state index >= 15 is 0 Å². The van der Waals surface area contributed by atoms with Gasteiger partial charge in [0.25, 0.3) is 0 Å². The number of nitrogens with zero attached hydrogens (tertiary/aromatic N) is 1. The predicted octanol–water partition coefficient (Wildman–Crippen LogP) is 1.86. The number of likely N-dealkylation sites (N-methyl/N-ethyl adjacent to an activating group) is 1. The largest absolute Gasteiger partial charge is 0.385 e. The maximum Gasteiger partial charge on any atom is 0.249 e. The van der Waals surface area contributed by atoms with Gasteiger partial charge >= 0.3 is 0 Å². The molecule has 1 aromatic rings. The van der Waals surface area contributed by atoms with Crippen molar-refractivity contribution in [3.05, 3.63) is 35.3 Å². The molecule has 2 unspecified atom stereocenters. The Labute approximate surface area is 175 Å². The average molecular weight is 385 g/mol. The predicted molar refractivity (Wildman–Crippen MR) is 103 cm³/mol. The lowest BCUT2D eigenvalue weighted by atomic mass is 9.94. The Balaban J connectivity index is 2.50. The smallest absolute Gasteiger partial charge is 0.249 e. The molecule has 0 fully saturated rings. The number of fused-ring (bicyclic) bond motifs is 1. The van der Waals surface area contributed by atoms with Crippen LogP contribution in [0.1, 0.15) is 64.9 Å². The summed E-state index contributed by atoms with van der Waals surface area (Å²) in [6.45, 7) is 0.115. The average Bonchev–Trinajstić information content (AvgIpc) is 2.83. The fourth-order valence-electron chi connectivity index (χ4n) is 2.68. The van der Waals surface area contributed by atoms with E-state index in [1.54, 1.807) is 0 Å². The minimum atomic E-state index is -3.05. The standard InChI is InChI=1S/C21H30N2O4/c1-12(2)19(25)17(24)10-13(3)20(26)22-18-16-9-7-6-8-15(16)11-14(4)23(5)21(18)27/h6-9,12-14,18-19,25H,10-11H2,1-5H3,(H,22,26)/t13-,14?,18+,19+/m1/s1/i1D3,6D,7D,8D,9D,12D,13D,14D/t12?,13-,14?,18+,19+. The van der Waals surface area contributed by atoms with Crippen LogP contribution in [-0.2, 0) is 20.8 Å². The highest BCUT2D eigenvalue weighted by Crippen LogP contribution is 2.27. The summed E-state index contributed by atoms with van der Waals surface area (Å²) in [6, 6.07) is -5.72. The van der Waals surface area contributed by atoms with Gasteiger partial charge in [0.15, 0.2) is 5.78 Å². The monoisotopic (exact) mass is 384 g/mol. The number of Topliss-reactive ketones (excluding diaryl/α,β-unsaturated/α-hetero) is 1. The minimum absolute atomic E-state index is 0.0627. The van der Waals surface area contributed by atoms with Crippen LogP contribution in [0, 0.1) is 11.8 Å². The number of hydrogen-bond acceptors (Lipinski definition) is 4. The van der Waals surface area contributed by atoms with Gasteiger partial charge in [-0.05, 0) is 30.4 Å². The third kappa shape index (κ3) is 4.75. The van der Waals surface area contributed by atoms with Gasteiger partial charge in [0.2, 0.25) is 11.8 Å². The van der Waals surface area contributed by atoms with Crippen molar-refractivity contribution < 1.29 is 33.2 Å². The van der Waals surface area contributed by atoms with Crippen LogP contribution in [0.4, 0.5) is 0 Å². The van der Waals surface area contributed by atoms with Crippen molar-refractivity contribution in [1.82, 2.24) is 10.2 Å². The molecule has 0 bridgehead atoms. The molecule has 0 radical (unpaired) electrons. The topological polar surface area (TPSA) is 86.7 Å². The number of benzene rings is 1. The van der Waals surface area contributed by atoms with Crippen LogP contribution in [0.25, 0.3) is 0 Å². The molecular weight excluding hydrogens is 344 g/mol. The molecule has 1 aliphatic rings. The maximum atomic E-state index is 13.3. The zero-order chi connectivity index (χ0) is 29.0. The first kappa shape index (κ1) is 11.0. The Bertz CT molecular complexity index is 1130. The number of nitrogens with one attached hydrogen (secondary N) is 1. The number of ketones is 1. The van der Waals surface area contributed by atoms with Crippen molar-refractivity contribution in [3.8, 4) is 0 Å². The summed E-state index contributed by atoms with van der Waals surface area (Å²) < 4.78 is 79.5. The van der Waals surface area contributed by atoms with Crippen LogP contribution >= 0.6 is 0 Å². The molecule has 6 nitrogen and oxygen atoms in total. The Morgan fingerprint density at radius 2 is 2.15 bits per heavy atom. The molecule has 0 aromatic heterocycles. The molecule has 2 amide bonds. The summed E-state index contributed by atoms with van der Waals surface area (Å²) in [5.74, 6) is -8.36. The minimum Gasteiger partial charge on any atom is -0.385 e. The molecule has 0 spiro atoms. The van der Waals surface area contributed by atoms with Gasteiger partial charge in [-0.3, -0.25) is 14.4 Å². The van der Waals surface area contributed by atoms with E-state index in [2.05, 4.69) is 5.32 Å². The van der Waals surface area contributed by atoms with E-state index in [1.807, 2.05) is 0 Å². The van der Waals surface area contributed by atoms with E-state index in [-0.39, 0.29) is 17.5 Å². The van der Waals surface area contributed by atoms with Crippen molar-refractivity contribution >= 4 is 17.6 Å². The van der Waals surface area contributed by atoms with Crippen LogP contribution in [0.5, 0.6) is 0 Å². The van der Waals surface area contributed by atoms with Crippen molar-refractivity contribution in [3.63, 3.8) is 0 Å². The molecule has 0 aliphatic carbocycles. The highest BCUT2D eigenvalue weighted by molar-refractivity contribution is 5.93. The fraction of sp³-hybridized carbons (Fsp3) is 0.571. The number of aliphatic hydroxyl groups excluding tert-OH is 1. The molecular formula is C21H30N2O4. The van der Waals surface area contributed by atoms with E-state index in [9.17, 15) is 19.5 Å². The lowest BCUT2D eigenvalue weighted by Crippen LogP contribution is -2.44. The van der Waals surface area contributed by atoms with E-state index in [0.29, 0.717) is 0 Å². The highest BCUT2D eigenvalue weighted by Gasteiger charge is 2.34. The van der Waals surface area contributed by atoms with E-state index in [1.165, 1.54) is 14.0 Å². The summed E-state index contributed by atoms with van der Waals surface area (Å²) in [5.41, 5.74) is -0.331. The zero-order valence-corrected chi connectivity index (χ0v) is 15.7. The molecule has 0 saturated carbocycles. The molecule has 2 rings (SSSR count). The number of amides is 2. The van der Waals surface area contributed by atoms with Gasteiger partial charge < -0.3 is 15.3 Å². The number of hydrogen-bond donors (Lipinski definition) is 2. The van der Waals surface area contributed by atoms with E-state index < -0.39 is 85.0 Å². The Hall–Kier alpha value is -2.21. The molecule has 148 valence electrons. The van der Waals surface area contributed by atoms with Crippen molar-refractivity contribution in [2.24, 2.45) is 11.8 Å². The third-order valence-electron chi connectivity index (χ3n) is 4.49. The van der Waals surface area contributed by atoms with Crippen LogP contribution in [-0.4, -0.2) is 46.8 Å². The van der Waals surface area contributed by atoms with Crippen LogP contribution in [0.3, 0.4) is 0 Å². The van der Waals surface area contributed by atoms with E-state index in [4.69, 9.17) is 13.7 Å². The SMILES string of the molecule is [2H]c1c([2H])c([2H])c2c(c1[2H])CC([2H])(C)N(C)C(=O)[C@H]2NC(=O)[C@]([2H])(C)CC(=O)[C@@H](O)C([2H])(C)C([2H])([2H])[2H]. The highest BCUT2D eigenvalue weighted by atomic mass is 16.3. The number of carbonyl (C=O) groups excluding carboxylic acids is 3. The van der Waals surface area contributed by atoms with Gasteiger partial charge in [0.1, 0.15) is 12.1 Å². The number of carbonyl (C=O) groups is 3. The summed E-state index contributed by atoms with van der Waals surface area (Å²) in [6.07, 6.45) is -3.65. The lowest BCUT2D eigenvalue weighted by Gasteiger charge is -2.26. The quantitative estimate of drug-likeness (QED) is 0.784. The van der Waals surface area contributed by atoms with Crippen LogP contribution in [0.15, 0.2) is 24.2 Å². The first-order valence-corrected chi connectivity index (χ1v) is 8.37. The first-order chi connectivity index (χ1) is 16.5. The van der Waals surface area contributed by atoms with Gasteiger partial charge in [-0.25, -0.2) is 0 Å². The molecule has 1 aromatic carbocycles. The maximum absolute atomic E-state index is 13.3. The van der Waals surface area contributed by atoms with Crippen LogP contribution in [0.2, 0.25) is 0 Å². The lowest BCUT2D eigenvalue weighted by molar-refractivity contribution is -0.138. The fourth-order valence-corrected chi connectivity index (χ4v) is 2.68. The van der Waals surface area contributed by atoms with Gasteiger partial charge in [-0.2, -0.15) is 0 Å². The second kappa shape index (κ2) is 8.65. The third-order valence-corrected chi connectivity index (χ3v) is 4.49. The number of rotatable bonds is 6. The van der Waals surface area contributed by atoms with Gasteiger partial charge in [-0.1, -0.05) is 44.9 Å². The Kier molecular flexibility index (Phi) is 3.51. The van der Waals surface area contributed by atoms with Crippen molar-refractivity contribution in [2.75, 3.05) is 7.05 Å². The second-order valence-corrected chi connectivity index (χ2v) is 6.62. The Morgan fingerprint density at radius 3 is 2.81 bits per heavy atom. The molecule has 5 atom stereocenters. The molecule has 27 heavy (non-hydrogen) atoms. The summed E-state index contributed by atoms with van der Waals surface area (Å²) in [5, 5.41) is 12.5. The van der Waals surface area contributed by atoms with Gasteiger partial charge in [0, 0.05) is 32.2 Å². The molecule has 1 heterocycles. The molecule has 2 N–H and O–H groups in total. The number of aliphatic hydroxyl groups is 1. The summed E-state index contributed by atoms with van der Waals surface area (Å²) >= 11 is 0. The van der Waals surface area contributed by atoms with Crippen LogP contribution < -0.4 is 5.32 Å².